The van der Waals surface area contributed by atoms with Crippen LogP contribution in [-0.4, -0.2) is 11.7 Å². The Morgan fingerprint density at radius 1 is 1.38 bits per heavy atom. The number of thiophene rings is 1. The van der Waals surface area contributed by atoms with Crippen molar-refractivity contribution in [3.8, 4) is 0 Å². The van der Waals surface area contributed by atoms with E-state index < -0.39 is 0 Å². The summed E-state index contributed by atoms with van der Waals surface area (Å²) in [6.45, 7) is 2.39. The van der Waals surface area contributed by atoms with E-state index in [1.54, 1.807) is 11.3 Å². The molecular formula is C13H21NOS. The van der Waals surface area contributed by atoms with E-state index in [1.165, 1.54) is 30.6 Å². The van der Waals surface area contributed by atoms with Crippen LogP contribution in [0.4, 0.5) is 0 Å². The van der Waals surface area contributed by atoms with Crippen LogP contribution in [0, 0.1) is 5.92 Å². The zero-order valence-corrected chi connectivity index (χ0v) is 10.7. The summed E-state index contributed by atoms with van der Waals surface area (Å²) < 4.78 is 0. The summed E-state index contributed by atoms with van der Waals surface area (Å²) in [6, 6.07) is 4.09. The third-order valence-electron chi connectivity index (χ3n) is 3.63. The van der Waals surface area contributed by atoms with Gasteiger partial charge in [0.2, 0.25) is 0 Å². The fraction of sp³-hybridized carbons (Fsp3) is 0.692. The quantitative estimate of drug-likeness (QED) is 0.851. The Morgan fingerprint density at radius 3 is 2.69 bits per heavy atom. The molecule has 0 amide bonds. The third kappa shape index (κ3) is 2.65. The largest absolute Gasteiger partial charge is 0.394 e. The predicted molar refractivity (Wildman–Crippen MR) is 68.7 cm³/mol. The van der Waals surface area contributed by atoms with E-state index in [9.17, 15) is 0 Å². The molecule has 1 aliphatic carbocycles. The molecule has 1 heterocycles. The Balaban J connectivity index is 2.01. The average Bonchev–Trinajstić information content (AvgIpc) is 2.78. The number of hydrogen-bond acceptors (Lipinski definition) is 3. The van der Waals surface area contributed by atoms with Crippen LogP contribution in [0.5, 0.6) is 0 Å². The molecule has 0 aliphatic heterocycles. The second-order valence-corrected chi connectivity index (χ2v) is 6.13. The van der Waals surface area contributed by atoms with Gasteiger partial charge in [0.25, 0.3) is 0 Å². The number of aliphatic hydroxyl groups is 1. The zero-order chi connectivity index (χ0) is 11.5. The van der Waals surface area contributed by atoms with Crippen molar-refractivity contribution >= 4 is 11.3 Å². The predicted octanol–water partition coefficient (Wildman–Crippen LogP) is 3.03. The molecule has 2 nitrogen and oxygen atoms in total. The summed E-state index contributed by atoms with van der Waals surface area (Å²) in [6.07, 6.45) is 5.33. The van der Waals surface area contributed by atoms with Crippen LogP contribution in [0.2, 0.25) is 0 Å². The Kier molecular flexibility index (Phi) is 4.00. The highest BCUT2D eigenvalue weighted by Crippen LogP contribution is 2.39. The molecule has 1 aromatic rings. The Labute approximate surface area is 101 Å². The molecule has 1 fully saturated rings. The van der Waals surface area contributed by atoms with Crippen LogP contribution in [0.3, 0.4) is 0 Å². The van der Waals surface area contributed by atoms with Crippen molar-refractivity contribution in [1.29, 1.82) is 0 Å². The smallest absolute Gasteiger partial charge is 0.0632 e. The standard InChI is InChI=1S/C13H21NOS/c1-9-2-4-10(5-3-9)12-6-7-13(16-12)11(14)8-15/h6-7,9-11,15H,2-5,8,14H2,1H3. The van der Waals surface area contributed by atoms with Gasteiger partial charge in [-0.05, 0) is 36.8 Å². The summed E-state index contributed by atoms with van der Waals surface area (Å²) in [5.41, 5.74) is 5.82. The monoisotopic (exact) mass is 239 g/mol. The zero-order valence-electron chi connectivity index (χ0n) is 9.86. The summed E-state index contributed by atoms with van der Waals surface area (Å²) >= 11 is 1.79. The van der Waals surface area contributed by atoms with Crippen molar-refractivity contribution in [1.82, 2.24) is 0 Å². The van der Waals surface area contributed by atoms with Crippen LogP contribution in [0.25, 0.3) is 0 Å². The van der Waals surface area contributed by atoms with Gasteiger partial charge in [-0.15, -0.1) is 11.3 Å². The van der Waals surface area contributed by atoms with Crippen molar-refractivity contribution in [2.24, 2.45) is 11.7 Å². The molecule has 16 heavy (non-hydrogen) atoms. The summed E-state index contributed by atoms with van der Waals surface area (Å²) in [5.74, 6) is 1.64. The first kappa shape index (κ1) is 12.1. The third-order valence-corrected chi connectivity index (χ3v) is 5.01. The molecule has 1 atom stereocenters. The highest BCUT2D eigenvalue weighted by Gasteiger charge is 2.21. The van der Waals surface area contributed by atoms with Crippen LogP contribution >= 0.6 is 11.3 Å². The van der Waals surface area contributed by atoms with E-state index in [4.69, 9.17) is 10.8 Å². The average molecular weight is 239 g/mol. The van der Waals surface area contributed by atoms with Gasteiger partial charge in [-0.1, -0.05) is 19.8 Å². The molecule has 0 radical (unpaired) electrons. The molecule has 3 heteroatoms. The van der Waals surface area contributed by atoms with Gasteiger partial charge in [-0.2, -0.15) is 0 Å². The summed E-state index contributed by atoms with van der Waals surface area (Å²) in [7, 11) is 0. The summed E-state index contributed by atoms with van der Waals surface area (Å²) in [4.78, 5) is 2.59. The maximum absolute atomic E-state index is 9.02. The number of hydrogen-bond donors (Lipinski definition) is 2. The van der Waals surface area contributed by atoms with Crippen molar-refractivity contribution in [2.75, 3.05) is 6.61 Å². The van der Waals surface area contributed by atoms with Gasteiger partial charge >= 0.3 is 0 Å². The van der Waals surface area contributed by atoms with Crippen molar-refractivity contribution in [2.45, 2.75) is 44.6 Å². The van der Waals surface area contributed by atoms with Crippen molar-refractivity contribution in [3.63, 3.8) is 0 Å². The molecule has 0 aromatic carbocycles. The van der Waals surface area contributed by atoms with Gasteiger partial charge in [-0.25, -0.2) is 0 Å². The van der Waals surface area contributed by atoms with E-state index in [1.807, 2.05) is 0 Å². The Bertz CT molecular complexity index is 328. The maximum atomic E-state index is 9.02. The summed E-state index contributed by atoms with van der Waals surface area (Å²) in [5, 5.41) is 9.02. The molecule has 0 saturated heterocycles. The molecule has 90 valence electrons. The van der Waals surface area contributed by atoms with E-state index >= 15 is 0 Å². The molecule has 0 bridgehead atoms. The molecule has 1 unspecified atom stereocenters. The molecule has 1 saturated carbocycles. The van der Waals surface area contributed by atoms with Crippen molar-refractivity contribution in [3.05, 3.63) is 21.9 Å². The first-order chi connectivity index (χ1) is 7.70. The second-order valence-electron chi connectivity index (χ2n) is 4.99. The number of nitrogens with two attached hydrogens (primary N) is 1. The van der Waals surface area contributed by atoms with E-state index in [-0.39, 0.29) is 12.6 Å². The highest BCUT2D eigenvalue weighted by molar-refractivity contribution is 7.12. The lowest BCUT2D eigenvalue weighted by atomic mass is 9.82. The van der Waals surface area contributed by atoms with Crippen LogP contribution in [0.15, 0.2) is 12.1 Å². The molecule has 3 N–H and O–H groups in total. The minimum absolute atomic E-state index is 0.0433. The second kappa shape index (κ2) is 5.30. The van der Waals surface area contributed by atoms with E-state index in [0.717, 1.165) is 16.7 Å². The van der Waals surface area contributed by atoms with Gasteiger partial charge < -0.3 is 10.8 Å². The lowest BCUT2D eigenvalue weighted by Crippen LogP contribution is -2.12. The molecule has 1 aromatic heterocycles. The Hall–Kier alpha value is -0.380. The minimum atomic E-state index is -0.193. The fourth-order valence-electron chi connectivity index (χ4n) is 2.42. The normalized spacial score (nSPS) is 27.9. The molecule has 0 spiro atoms. The lowest BCUT2D eigenvalue weighted by molar-refractivity contribution is 0.269. The first-order valence-corrected chi connectivity index (χ1v) is 6.98. The minimum Gasteiger partial charge on any atom is -0.394 e. The van der Waals surface area contributed by atoms with Gasteiger partial charge in [0.1, 0.15) is 0 Å². The maximum Gasteiger partial charge on any atom is 0.0632 e. The molecule has 1 aliphatic rings. The van der Waals surface area contributed by atoms with Gasteiger partial charge in [0.05, 0.1) is 12.6 Å². The fourth-order valence-corrected chi connectivity index (χ4v) is 3.59. The Morgan fingerprint density at radius 2 is 2.06 bits per heavy atom. The van der Waals surface area contributed by atoms with E-state index in [0.29, 0.717) is 0 Å². The lowest BCUT2D eigenvalue weighted by Gasteiger charge is -2.25. The highest BCUT2D eigenvalue weighted by atomic mass is 32.1. The number of rotatable bonds is 3. The first-order valence-electron chi connectivity index (χ1n) is 6.16. The topological polar surface area (TPSA) is 46.2 Å². The van der Waals surface area contributed by atoms with Gasteiger partial charge in [0.15, 0.2) is 0 Å². The van der Waals surface area contributed by atoms with E-state index in [2.05, 4.69) is 19.1 Å². The molecular weight excluding hydrogens is 218 g/mol. The van der Waals surface area contributed by atoms with Gasteiger partial charge in [-0.3, -0.25) is 0 Å². The van der Waals surface area contributed by atoms with Crippen LogP contribution < -0.4 is 5.73 Å². The van der Waals surface area contributed by atoms with Crippen molar-refractivity contribution < 1.29 is 5.11 Å². The SMILES string of the molecule is CC1CCC(c2ccc(C(N)CO)s2)CC1. The number of aliphatic hydroxyl groups excluding tert-OH is 1. The van der Waals surface area contributed by atoms with Gasteiger partial charge in [0, 0.05) is 9.75 Å². The van der Waals surface area contributed by atoms with Crippen LogP contribution in [0.1, 0.15) is 54.3 Å². The van der Waals surface area contributed by atoms with Crippen LogP contribution in [-0.2, 0) is 0 Å². The molecule has 2 rings (SSSR count).